The number of hydrogen-bond donors (Lipinski definition) is 1. The molecule has 0 atom stereocenters. The van der Waals surface area contributed by atoms with Gasteiger partial charge in [0, 0.05) is 12.0 Å². The van der Waals surface area contributed by atoms with Crippen molar-refractivity contribution in [1.82, 2.24) is 20.4 Å². The molecule has 5 heteroatoms. The number of nitrogens with one attached hydrogen (secondary N) is 1. The lowest BCUT2D eigenvalue weighted by Crippen LogP contribution is -2.40. The van der Waals surface area contributed by atoms with Crippen LogP contribution in [-0.4, -0.2) is 41.2 Å². The Hall–Kier alpha value is -0.940. The number of piperidine rings is 1. The van der Waals surface area contributed by atoms with E-state index in [0.29, 0.717) is 12.0 Å². The van der Waals surface area contributed by atoms with Crippen LogP contribution in [0.3, 0.4) is 0 Å². The second-order valence-electron chi connectivity index (χ2n) is 5.10. The summed E-state index contributed by atoms with van der Waals surface area (Å²) in [6, 6.07) is 0.630. The minimum Gasteiger partial charge on any atom is -0.338 e. The van der Waals surface area contributed by atoms with Crippen molar-refractivity contribution in [2.75, 3.05) is 20.1 Å². The summed E-state index contributed by atoms with van der Waals surface area (Å²) in [6.45, 7) is 7.12. The average Bonchev–Trinajstić information content (AvgIpc) is 2.79. The fraction of sp³-hybridized carbons (Fsp3) is 0.833. The average molecular weight is 238 g/mol. The third kappa shape index (κ3) is 3.26. The van der Waals surface area contributed by atoms with Gasteiger partial charge >= 0.3 is 0 Å². The SMILES string of the molecule is CC(C)c1noc(CN(C)C2CCNCC2)n1. The molecule has 1 aliphatic heterocycles. The molecule has 1 fully saturated rings. The maximum Gasteiger partial charge on any atom is 0.240 e. The van der Waals surface area contributed by atoms with Crippen molar-refractivity contribution in [2.45, 2.75) is 45.2 Å². The highest BCUT2D eigenvalue weighted by Crippen LogP contribution is 2.14. The first-order valence-corrected chi connectivity index (χ1v) is 6.40. The molecule has 0 unspecified atom stereocenters. The van der Waals surface area contributed by atoms with E-state index < -0.39 is 0 Å². The van der Waals surface area contributed by atoms with Crippen LogP contribution in [0.25, 0.3) is 0 Å². The van der Waals surface area contributed by atoms with Gasteiger partial charge in [-0.3, -0.25) is 4.90 Å². The molecule has 0 radical (unpaired) electrons. The van der Waals surface area contributed by atoms with Gasteiger partial charge < -0.3 is 9.84 Å². The molecule has 1 aromatic heterocycles. The Labute approximate surface area is 103 Å². The highest BCUT2D eigenvalue weighted by molar-refractivity contribution is 4.92. The summed E-state index contributed by atoms with van der Waals surface area (Å²) in [5, 5.41) is 7.36. The Morgan fingerprint density at radius 1 is 1.41 bits per heavy atom. The fourth-order valence-electron chi connectivity index (χ4n) is 2.16. The quantitative estimate of drug-likeness (QED) is 0.858. The van der Waals surface area contributed by atoms with Crippen molar-refractivity contribution in [2.24, 2.45) is 0 Å². The Bertz CT molecular complexity index is 344. The zero-order chi connectivity index (χ0) is 12.3. The lowest BCUT2D eigenvalue weighted by atomic mass is 10.1. The zero-order valence-electron chi connectivity index (χ0n) is 10.9. The minimum atomic E-state index is 0.330. The summed E-state index contributed by atoms with van der Waals surface area (Å²) in [5.74, 6) is 1.87. The van der Waals surface area contributed by atoms with E-state index in [4.69, 9.17) is 4.52 Å². The molecule has 0 aromatic carbocycles. The van der Waals surface area contributed by atoms with Crippen molar-refractivity contribution < 1.29 is 4.52 Å². The molecule has 1 aliphatic rings. The number of aromatic nitrogens is 2. The van der Waals surface area contributed by atoms with E-state index in [1.807, 2.05) is 0 Å². The van der Waals surface area contributed by atoms with Gasteiger partial charge in [0.25, 0.3) is 0 Å². The van der Waals surface area contributed by atoms with Crippen LogP contribution >= 0.6 is 0 Å². The lowest BCUT2D eigenvalue weighted by molar-refractivity contribution is 0.171. The molecule has 2 rings (SSSR count). The molecule has 1 aromatic rings. The molecule has 1 saturated heterocycles. The molecule has 0 aliphatic carbocycles. The highest BCUT2D eigenvalue weighted by Gasteiger charge is 2.20. The van der Waals surface area contributed by atoms with Crippen LogP contribution in [0.4, 0.5) is 0 Å². The van der Waals surface area contributed by atoms with E-state index in [-0.39, 0.29) is 0 Å². The normalized spacial score (nSPS) is 18.2. The maximum absolute atomic E-state index is 5.27. The van der Waals surface area contributed by atoms with Gasteiger partial charge in [-0.2, -0.15) is 4.98 Å². The van der Waals surface area contributed by atoms with Gasteiger partial charge in [-0.1, -0.05) is 19.0 Å². The molecule has 96 valence electrons. The predicted octanol–water partition coefficient (Wildman–Crippen LogP) is 1.38. The first-order valence-electron chi connectivity index (χ1n) is 6.40. The second kappa shape index (κ2) is 5.60. The summed E-state index contributed by atoms with van der Waals surface area (Å²) in [5.41, 5.74) is 0. The van der Waals surface area contributed by atoms with E-state index >= 15 is 0 Å². The van der Waals surface area contributed by atoms with Gasteiger partial charge in [0.05, 0.1) is 6.54 Å². The van der Waals surface area contributed by atoms with Crippen LogP contribution in [0.15, 0.2) is 4.52 Å². The predicted molar refractivity (Wildman–Crippen MR) is 65.7 cm³/mol. The van der Waals surface area contributed by atoms with Gasteiger partial charge in [0.15, 0.2) is 5.82 Å². The van der Waals surface area contributed by atoms with Crippen LogP contribution in [-0.2, 0) is 6.54 Å². The zero-order valence-corrected chi connectivity index (χ0v) is 10.9. The Morgan fingerprint density at radius 3 is 2.71 bits per heavy atom. The van der Waals surface area contributed by atoms with E-state index in [2.05, 4.69) is 41.3 Å². The van der Waals surface area contributed by atoms with E-state index in [9.17, 15) is 0 Å². The molecule has 0 spiro atoms. The third-order valence-corrected chi connectivity index (χ3v) is 3.32. The van der Waals surface area contributed by atoms with Crippen molar-refractivity contribution in [3.05, 3.63) is 11.7 Å². The van der Waals surface area contributed by atoms with Crippen molar-refractivity contribution in [1.29, 1.82) is 0 Å². The highest BCUT2D eigenvalue weighted by atomic mass is 16.5. The third-order valence-electron chi connectivity index (χ3n) is 3.32. The number of hydrogen-bond acceptors (Lipinski definition) is 5. The molecule has 5 nitrogen and oxygen atoms in total. The Kier molecular flexibility index (Phi) is 4.12. The summed E-state index contributed by atoms with van der Waals surface area (Å²) in [6.07, 6.45) is 2.39. The number of nitrogens with zero attached hydrogens (tertiary/aromatic N) is 3. The minimum absolute atomic E-state index is 0.330. The van der Waals surface area contributed by atoms with Crippen molar-refractivity contribution >= 4 is 0 Å². The number of rotatable bonds is 4. The van der Waals surface area contributed by atoms with Crippen molar-refractivity contribution in [3.63, 3.8) is 0 Å². The molecular formula is C12H22N4O. The van der Waals surface area contributed by atoms with Crippen LogP contribution in [0.1, 0.15) is 44.3 Å². The first kappa shape index (κ1) is 12.5. The van der Waals surface area contributed by atoms with Crippen molar-refractivity contribution in [3.8, 4) is 0 Å². The van der Waals surface area contributed by atoms with Crippen LogP contribution in [0.5, 0.6) is 0 Å². The van der Waals surface area contributed by atoms with Gasteiger partial charge in [-0.15, -0.1) is 0 Å². The van der Waals surface area contributed by atoms with Gasteiger partial charge in [-0.25, -0.2) is 0 Å². The molecule has 0 amide bonds. The summed E-state index contributed by atoms with van der Waals surface area (Å²) >= 11 is 0. The Balaban J connectivity index is 1.90. The smallest absolute Gasteiger partial charge is 0.240 e. The molecule has 2 heterocycles. The molecular weight excluding hydrogens is 216 g/mol. The second-order valence-corrected chi connectivity index (χ2v) is 5.10. The van der Waals surface area contributed by atoms with Crippen LogP contribution in [0, 0.1) is 0 Å². The van der Waals surface area contributed by atoms with E-state index in [0.717, 1.165) is 31.3 Å². The van der Waals surface area contributed by atoms with Crippen LogP contribution < -0.4 is 5.32 Å². The summed E-state index contributed by atoms with van der Waals surface area (Å²) in [4.78, 5) is 6.73. The lowest BCUT2D eigenvalue weighted by Gasteiger charge is -2.30. The first-order chi connectivity index (χ1) is 8.16. The Morgan fingerprint density at radius 2 is 2.12 bits per heavy atom. The molecule has 1 N–H and O–H groups in total. The van der Waals surface area contributed by atoms with Gasteiger partial charge in [-0.05, 0) is 33.0 Å². The monoisotopic (exact) mass is 238 g/mol. The topological polar surface area (TPSA) is 54.2 Å². The van der Waals surface area contributed by atoms with Gasteiger partial charge in [0.1, 0.15) is 0 Å². The van der Waals surface area contributed by atoms with Crippen LogP contribution in [0.2, 0.25) is 0 Å². The largest absolute Gasteiger partial charge is 0.338 e. The fourth-order valence-corrected chi connectivity index (χ4v) is 2.16. The molecule has 17 heavy (non-hydrogen) atoms. The van der Waals surface area contributed by atoms with E-state index in [1.54, 1.807) is 0 Å². The maximum atomic E-state index is 5.27. The molecule has 0 saturated carbocycles. The molecule has 0 bridgehead atoms. The van der Waals surface area contributed by atoms with E-state index in [1.165, 1.54) is 12.8 Å². The standard InChI is InChI=1S/C12H22N4O/c1-9(2)12-14-11(17-15-12)8-16(3)10-4-6-13-7-5-10/h9-10,13H,4-8H2,1-3H3. The summed E-state index contributed by atoms with van der Waals surface area (Å²) < 4.78 is 5.27. The summed E-state index contributed by atoms with van der Waals surface area (Å²) in [7, 11) is 2.13. The van der Waals surface area contributed by atoms with Gasteiger partial charge in [0.2, 0.25) is 5.89 Å².